The molecule has 4 rings (SSSR count). The second-order valence-electron chi connectivity index (χ2n) is 6.23. The molecule has 0 saturated carbocycles. The average molecular weight is 454 g/mol. The topological polar surface area (TPSA) is 79.4 Å². The standard InChI is InChI=1S/C18H16ClN3O3S3/c19-15-8-9-16(27-15)28(24,25)22-10-4-7-14(22)17(23)21-18-20-13(11-26-18)12-5-2-1-3-6-12/h1-3,5-6,8-9,11,14H,4,7,10H2,(H,20,21,23)/t14-/m1/s1. The largest absolute Gasteiger partial charge is 0.301 e. The van der Waals surface area contributed by atoms with Gasteiger partial charge in [-0.2, -0.15) is 4.31 Å². The molecule has 1 aliphatic heterocycles. The first kappa shape index (κ1) is 19.5. The Morgan fingerprint density at radius 1 is 1.21 bits per heavy atom. The molecule has 6 nitrogen and oxygen atoms in total. The third-order valence-electron chi connectivity index (χ3n) is 4.42. The molecule has 3 aromatic rings. The minimum Gasteiger partial charge on any atom is -0.301 e. The Bertz CT molecular complexity index is 1100. The minimum absolute atomic E-state index is 0.151. The van der Waals surface area contributed by atoms with Crippen LogP contribution in [0.1, 0.15) is 12.8 Å². The summed E-state index contributed by atoms with van der Waals surface area (Å²) < 4.78 is 27.6. The highest BCUT2D eigenvalue weighted by atomic mass is 35.5. The molecule has 28 heavy (non-hydrogen) atoms. The molecule has 2 aromatic heterocycles. The van der Waals surface area contributed by atoms with Gasteiger partial charge in [0.05, 0.1) is 10.0 Å². The highest BCUT2D eigenvalue weighted by Crippen LogP contribution is 2.33. The van der Waals surface area contributed by atoms with Gasteiger partial charge in [0.2, 0.25) is 5.91 Å². The molecule has 0 aliphatic carbocycles. The van der Waals surface area contributed by atoms with E-state index in [-0.39, 0.29) is 10.1 Å². The van der Waals surface area contributed by atoms with Crippen molar-refractivity contribution in [2.24, 2.45) is 0 Å². The highest BCUT2D eigenvalue weighted by Gasteiger charge is 2.40. The van der Waals surface area contributed by atoms with Gasteiger partial charge < -0.3 is 5.32 Å². The summed E-state index contributed by atoms with van der Waals surface area (Å²) in [7, 11) is -3.75. The molecule has 1 aromatic carbocycles. The first-order valence-electron chi connectivity index (χ1n) is 8.54. The molecule has 1 saturated heterocycles. The van der Waals surface area contributed by atoms with Crippen LogP contribution < -0.4 is 5.32 Å². The fourth-order valence-corrected chi connectivity index (χ4v) is 7.09. The third kappa shape index (κ3) is 3.85. The van der Waals surface area contributed by atoms with E-state index < -0.39 is 16.1 Å². The van der Waals surface area contributed by atoms with Crippen LogP contribution in [-0.2, 0) is 14.8 Å². The summed E-state index contributed by atoms with van der Waals surface area (Å²) in [6.45, 7) is 0.309. The second kappa shape index (κ2) is 7.92. The Balaban J connectivity index is 1.51. The average Bonchev–Trinajstić information content (AvgIpc) is 3.43. The number of thiazole rings is 1. The molecule has 1 aliphatic rings. The monoisotopic (exact) mass is 453 g/mol. The zero-order valence-electron chi connectivity index (χ0n) is 14.5. The van der Waals surface area contributed by atoms with Gasteiger partial charge >= 0.3 is 0 Å². The first-order chi connectivity index (χ1) is 13.4. The lowest BCUT2D eigenvalue weighted by Crippen LogP contribution is -2.42. The van der Waals surface area contributed by atoms with Crippen LogP contribution >= 0.6 is 34.3 Å². The number of nitrogens with one attached hydrogen (secondary N) is 1. The van der Waals surface area contributed by atoms with Crippen LogP contribution in [0.25, 0.3) is 11.3 Å². The van der Waals surface area contributed by atoms with Crippen molar-refractivity contribution in [1.29, 1.82) is 0 Å². The molecule has 0 spiro atoms. The highest BCUT2D eigenvalue weighted by molar-refractivity contribution is 7.91. The smallest absolute Gasteiger partial charge is 0.253 e. The zero-order chi connectivity index (χ0) is 19.7. The maximum Gasteiger partial charge on any atom is 0.253 e. The Morgan fingerprint density at radius 3 is 2.71 bits per heavy atom. The van der Waals surface area contributed by atoms with E-state index in [4.69, 9.17) is 11.6 Å². The molecular formula is C18H16ClN3O3S3. The fraction of sp³-hybridized carbons (Fsp3) is 0.222. The Labute approximate surface area is 175 Å². The van der Waals surface area contributed by atoms with Gasteiger partial charge in [0.1, 0.15) is 10.3 Å². The quantitative estimate of drug-likeness (QED) is 0.624. The van der Waals surface area contributed by atoms with Crippen LogP contribution in [0.15, 0.2) is 52.1 Å². The van der Waals surface area contributed by atoms with Gasteiger partial charge in [0.25, 0.3) is 10.0 Å². The lowest BCUT2D eigenvalue weighted by atomic mass is 10.2. The van der Waals surface area contributed by atoms with Crippen LogP contribution in [-0.4, -0.2) is 36.2 Å². The number of halogens is 1. The van der Waals surface area contributed by atoms with Crippen molar-refractivity contribution in [3.05, 3.63) is 52.2 Å². The van der Waals surface area contributed by atoms with Crippen molar-refractivity contribution in [3.63, 3.8) is 0 Å². The number of thiophene rings is 1. The van der Waals surface area contributed by atoms with Crippen LogP contribution in [0.3, 0.4) is 0 Å². The number of nitrogens with zero attached hydrogens (tertiary/aromatic N) is 2. The number of hydrogen-bond donors (Lipinski definition) is 1. The van der Waals surface area contributed by atoms with E-state index in [1.807, 2.05) is 35.7 Å². The summed E-state index contributed by atoms with van der Waals surface area (Å²) in [5, 5.41) is 5.09. The first-order valence-corrected chi connectivity index (χ1v) is 12.1. The summed E-state index contributed by atoms with van der Waals surface area (Å²) >= 11 is 8.19. The van der Waals surface area contributed by atoms with Gasteiger partial charge in [-0.15, -0.1) is 22.7 Å². The van der Waals surface area contributed by atoms with Crippen molar-refractivity contribution >= 4 is 55.3 Å². The van der Waals surface area contributed by atoms with E-state index >= 15 is 0 Å². The normalized spacial score (nSPS) is 17.7. The van der Waals surface area contributed by atoms with Gasteiger partial charge in [-0.3, -0.25) is 4.79 Å². The number of rotatable bonds is 5. The molecule has 1 fully saturated rings. The third-order valence-corrected chi connectivity index (χ3v) is 8.79. The number of aromatic nitrogens is 1. The summed E-state index contributed by atoms with van der Waals surface area (Å²) in [6.07, 6.45) is 1.10. The minimum atomic E-state index is -3.75. The van der Waals surface area contributed by atoms with E-state index in [0.717, 1.165) is 22.6 Å². The van der Waals surface area contributed by atoms with Gasteiger partial charge in [0.15, 0.2) is 5.13 Å². The van der Waals surface area contributed by atoms with Crippen molar-refractivity contribution in [2.75, 3.05) is 11.9 Å². The molecular weight excluding hydrogens is 438 g/mol. The van der Waals surface area contributed by atoms with Gasteiger partial charge in [-0.05, 0) is 25.0 Å². The van der Waals surface area contributed by atoms with E-state index in [1.165, 1.54) is 21.7 Å². The van der Waals surface area contributed by atoms with Crippen LogP contribution in [0.5, 0.6) is 0 Å². The maximum absolute atomic E-state index is 12.9. The fourth-order valence-electron chi connectivity index (χ4n) is 3.10. The predicted octanol–water partition coefficient (Wildman–Crippen LogP) is 4.32. The van der Waals surface area contributed by atoms with Crippen LogP contribution in [0, 0.1) is 0 Å². The molecule has 1 amide bonds. The van der Waals surface area contributed by atoms with Crippen molar-refractivity contribution in [3.8, 4) is 11.3 Å². The number of sulfonamides is 1. The summed E-state index contributed by atoms with van der Waals surface area (Å²) in [5.41, 5.74) is 1.73. The number of hydrogen-bond acceptors (Lipinski definition) is 6. The maximum atomic E-state index is 12.9. The molecule has 0 unspecified atom stereocenters. The Morgan fingerprint density at radius 2 is 2.00 bits per heavy atom. The van der Waals surface area contributed by atoms with Crippen molar-refractivity contribution < 1.29 is 13.2 Å². The molecule has 10 heteroatoms. The van der Waals surface area contributed by atoms with Crippen LogP contribution in [0.2, 0.25) is 4.34 Å². The van der Waals surface area contributed by atoms with E-state index in [9.17, 15) is 13.2 Å². The van der Waals surface area contributed by atoms with Gasteiger partial charge in [0, 0.05) is 17.5 Å². The van der Waals surface area contributed by atoms with E-state index in [0.29, 0.717) is 28.9 Å². The Hall–Kier alpha value is -1.78. The SMILES string of the molecule is O=C(Nc1nc(-c2ccccc2)cs1)[C@H]1CCCN1S(=O)(=O)c1ccc(Cl)s1. The summed E-state index contributed by atoms with van der Waals surface area (Å²) in [4.78, 5) is 17.2. The molecule has 0 radical (unpaired) electrons. The molecule has 0 bridgehead atoms. The summed E-state index contributed by atoms with van der Waals surface area (Å²) in [5.74, 6) is -0.363. The number of amides is 1. The van der Waals surface area contributed by atoms with Gasteiger partial charge in [-0.25, -0.2) is 13.4 Å². The second-order valence-corrected chi connectivity index (χ2v) is 10.9. The number of benzene rings is 1. The number of carbonyl (C=O) groups is 1. The van der Waals surface area contributed by atoms with Crippen LogP contribution in [0.4, 0.5) is 5.13 Å². The molecule has 1 atom stereocenters. The summed E-state index contributed by atoms with van der Waals surface area (Å²) in [6, 6.07) is 11.9. The van der Waals surface area contributed by atoms with Gasteiger partial charge in [-0.1, -0.05) is 41.9 Å². The number of carbonyl (C=O) groups excluding carboxylic acids is 1. The lowest BCUT2D eigenvalue weighted by molar-refractivity contribution is -0.119. The van der Waals surface area contributed by atoms with E-state index in [1.54, 1.807) is 6.07 Å². The molecule has 3 heterocycles. The lowest BCUT2D eigenvalue weighted by Gasteiger charge is -2.22. The molecule has 1 N–H and O–H groups in total. The number of anilines is 1. The van der Waals surface area contributed by atoms with Crippen molar-refractivity contribution in [1.82, 2.24) is 9.29 Å². The van der Waals surface area contributed by atoms with E-state index in [2.05, 4.69) is 10.3 Å². The predicted molar refractivity (Wildman–Crippen MR) is 112 cm³/mol. The zero-order valence-corrected chi connectivity index (χ0v) is 17.7. The Kier molecular flexibility index (Phi) is 5.52. The molecule has 146 valence electrons. The van der Waals surface area contributed by atoms with Crippen molar-refractivity contribution in [2.45, 2.75) is 23.1 Å².